The quantitative estimate of drug-likeness (QED) is 0.868. The fourth-order valence-corrected chi connectivity index (χ4v) is 2.23. The van der Waals surface area contributed by atoms with Crippen LogP contribution in [-0.2, 0) is 5.41 Å². The molecule has 0 saturated heterocycles. The van der Waals surface area contributed by atoms with Gasteiger partial charge in [-0.05, 0) is 35.4 Å². The minimum absolute atomic E-state index is 0.000575. The van der Waals surface area contributed by atoms with Gasteiger partial charge in [0.05, 0.1) is 0 Å². The van der Waals surface area contributed by atoms with Gasteiger partial charge in [-0.3, -0.25) is 4.79 Å². The number of benzene rings is 1. The zero-order valence-corrected chi connectivity index (χ0v) is 13.4. The Morgan fingerprint density at radius 1 is 1.15 bits per heavy atom. The first-order valence-electron chi connectivity index (χ1n) is 7.25. The smallest absolute Gasteiger partial charge is 0.251 e. The second-order valence-electron chi connectivity index (χ2n) is 7.18. The van der Waals surface area contributed by atoms with Crippen LogP contribution < -0.4 is 11.1 Å². The standard InChI is InChI=1S/C17H28N2O/c1-16(2,3)14-9-7-6-8-13(14)15(20)19-12-17(4,5)10-11-18/h6-9H,10-12,18H2,1-5H3,(H,19,20). The van der Waals surface area contributed by atoms with E-state index in [1.807, 2.05) is 24.3 Å². The first-order chi connectivity index (χ1) is 9.17. The lowest BCUT2D eigenvalue weighted by molar-refractivity contribution is 0.0933. The molecule has 3 heteroatoms. The largest absolute Gasteiger partial charge is 0.351 e. The molecule has 0 aliphatic heterocycles. The zero-order chi connectivity index (χ0) is 15.4. The Hall–Kier alpha value is -1.35. The summed E-state index contributed by atoms with van der Waals surface area (Å²) in [6.07, 6.45) is 0.897. The molecule has 1 rings (SSSR count). The van der Waals surface area contributed by atoms with E-state index in [4.69, 9.17) is 5.73 Å². The van der Waals surface area contributed by atoms with Gasteiger partial charge >= 0.3 is 0 Å². The summed E-state index contributed by atoms with van der Waals surface area (Å²) < 4.78 is 0. The molecular formula is C17H28N2O. The Bertz CT molecular complexity index is 458. The average Bonchev–Trinajstić information content (AvgIpc) is 2.35. The summed E-state index contributed by atoms with van der Waals surface area (Å²) in [6.45, 7) is 11.9. The number of carbonyl (C=O) groups is 1. The first-order valence-corrected chi connectivity index (χ1v) is 7.25. The van der Waals surface area contributed by atoms with E-state index in [2.05, 4.69) is 39.9 Å². The van der Waals surface area contributed by atoms with E-state index >= 15 is 0 Å². The van der Waals surface area contributed by atoms with E-state index < -0.39 is 0 Å². The normalized spacial score (nSPS) is 12.3. The van der Waals surface area contributed by atoms with Crippen molar-refractivity contribution >= 4 is 5.91 Å². The van der Waals surface area contributed by atoms with E-state index in [0.717, 1.165) is 17.5 Å². The molecule has 20 heavy (non-hydrogen) atoms. The van der Waals surface area contributed by atoms with E-state index in [9.17, 15) is 4.79 Å². The minimum Gasteiger partial charge on any atom is -0.351 e. The van der Waals surface area contributed by atoms with Gasteiger partial charge in [-0.25, -0.2) is 0 Å². The fraction of sp³-hybridized carbons (Fsp3) is 0.588. The highest BCUT2D eigenvalue weighted by Crippen LogP contribution is 2.26. The van der Waals surface area contributed by atoms with Gasteiger partial charge in [-0.2, -0.15) is 0 Å². The molecule has 1 aromatic rings. The Morgan fingerprint density at radius 2 is 1.75 bits per heavy atom. The average molecular weight is 276 g/mol. The van der Waals surface area contributed by atoms with Crippen LogP contribution in [0.2, 0.25) is 0 Å². The predicted octanol–water partition coefficient (Wildman–Crippen LogP) is 3.09. The molecule has 0 heterocycles. The minimum atomic E-state index is -0.0410. The Morgan fingerprint density at radius 3 is 2.30 bits per heavy atom. The molecule has 0 spiro atoms. The van der Waals surface area contributed by atoms with E-state index in [0.29, 0.717) is 13.1 Å². The molecular weight excluding hydrogens is 248 g/mol. The van der Waals surface area contributed by atoms with Gasteiger partial charge in [0.2, 0.25) is 0 Å². The number of hydrogen-bond donors (Lipinski definition) is 2. The highest BCUT2D eigenvalue weighted by Gasteiger charge is 2.23. The monoisotopic (exact) mass is 276 g/mol. The van der Waals surface area contributed by atoms with Crippen LogP contribution in [0.5, 0.6) is 0 Å². The molecule has 0 atom stereocenters. The van der Waals surface area contributed by atoms with Gasteiger partial charge < -0.3 is 11.1 Å². The van der Waals surface area contributed by atoms with Gasteiger partial charge in [-0.1, -0.05) is 52.8 Å². The van der Waals surface area contributed by atoms with E-state index in [1.54, 1.807) is 0 Å². The van der Waals surface area contributed by atoms with Gasteiger partial charge in [0, 0.05) is 12.1 Å². The van der Waals surface area contributed by atoms with Crippen molar-refractivity contribution in [2.75, 3.05) is 13.1 Å². The third-order valence-corrected chi connectivity index (χ3v) is 3.53. The third kappa shape index (κ3) is 4.64. The van der Waals surface area contributed by atoms with Crippen molar-refractivity contribution in [3.05, 3.63) is 35.4 Å². The summed E-state index contributed by atoms with van der Waals surface area (Å²) >= 11 is 0. The van der Waals surface area contributed by atoms with Crippen LogP contribution >= 0.6 is 0 Å². The topological polar surface area (TPSA) is 55.1 Å². The van der Waals surface area contributed by atoms with Crippen molar-refractivity contribution < 1.29 is 4.79 Å². The molecule has 0 aromatic heterocycles. The lowest BCUT2D eigenvalue weighted by Gasteiger charge is -2.26. The van der Waals surface area contributed by atoms with Gasteiger partial charge in [0.25, 0.3) is 5.91 Å². The number of nitrogens with one attached hydrogen (secondary N) is 1. The molecule has 0 radical (unpaired) electrons. The molecule has 0 fully saturated rings. The maximum Gasteiger partial charge on any atom is 0.251 e. The summed E-state index contributed by atoms with van der Waals surface area (Å²) in [5.41, 5.74) is 7.43. The highest BCUT2D eigenvalue weighted by atomic mass is 16.1. The molecule has 0 aliphatic carbocycles. The summed E-state index contributed by atoms with van der Waals surface area (Å²) in [4.78, 5) is 12.4. The van der Waals surface area contributed by atoms with E-state index in [1.165, 1.54) is 0 Å². The second kappa shape index (κ2) is 6.40. The molecule has 1 amide bonds. The zero-order valence-electron chi connectivity index (χ0n) is 13.4. The van der Waals surface area contributed by atoms with Crippen LogP contribution in [0.25, 0.3) is 0 Å². The van der Waals surface area contributed by atoms with Crippen LogP contribution in [-0.4, -0.2) is 19.0 Å². The first kappa shape index (κ1) is 16.7. The number of amides is 1. The van der Waals surface area contributed by atoms with Gasteiger partial charge in [0.15, 0.2) is 0 Å². The SMILES string of the molecule is CC(C)(CCN)CNC(=O)c1ccccc1C(C)(C)C. The van der Waals surface area contributed by atoms with Crippen LogP contribution in [0.4, 0.5) is 0 Å². The molecule has 0 bridgehead atoms. The van der Waals surface area contributed by atoms with Crippen LogP contribution in [0.1, 0.15) is 57.0 Å². The molecule has 1 aromatic carbocycles. The van der Waals surface area contributed by atoms with Crippen molar-refractivity contribution in [3.63, 3.8) is 0 Å². The fourth-order valence-electron chi connectivity index (χ4n) is 2.23. The Labute approximate surface area is 122 Å². The number of rotatable bonds is 5. The lowest BCUT2D eigenvalue weighted by atomic mass is 9.83. The molecule has 3 N–H and O–H groups in total. The van der Waals surface area contributed by atoms with Gasteiger partial charge in [0.1, 0.15) is 0 Å². The summed E-state index contributed by atoms with van der Waals surface area (Å²) in [6, 6.07) is 7.82. The van der Waals surface area contributed by atoms with Crippen molar-refractivity contribution in [2.24, 2.45) is 11.1 Å². The maximum absolute atomic E-state index is 12.4. The van der Waals surface area contributed by atoms with Gasteiger partial charge in [-0.15, -0.1) is 0 Å². The second-order valence-corrected chi connectivity index (χ2v) is 7.18. The molecule has 112 valence electrons. The Kier molecular flexibility index (Phi) is 5.35. The lowest BCUT2D eigenvalue weighted by Crippen LogP contribution is -2.36. The number of nitrogens with two attached hydrogens (primary N) is 1. The predicted molar refractivity (Wildman–Crippen MR) is 84.9 cm³/mol. The summed E-state index contributed by atoms with van der Waals surface area (Å²) in [5.74, 6) is 0.000575. The van der Waals surface area contributed by atoms with Crippen LogP contribution in [0, 0.1) is 5.41 Å². The highest BCUT2D eigenvalue weighted by molar-refractivity contribution is 5.96. The van der Waals surface area contributed by atoms with Crippen molar-refractivity contribution in [2.45, 2.75) is 46.5 Å². The molecule has 0 saturated carbocycles. The van der Waals surface area contributed by atoms with Crippen LogP contribution in [0.15, 0.2) is 24.3 Å². The van der Waals surface area contributed by atoms with Crippen molar-refractivity contribution in [1.82, 2.24) is 5.32 Å². The van der Waals surface area contributed by atoms with Crippen molar-refractivity contribution in [3.8, 4) is 0 Å². The maximum atomic E-state index is 12.4. The summed E-state index contributed by atoms with van der Waals surface area (Å²) in [7, 11) is 0. The number of carbonyl (C=O) groups excluding carboxylic acids is 1. The van der Waals surface area contributed by atoms with Crippen LogP contribution in [0.3, 0.4) is 0 Å². The molecule has 0 aliphatic rings. The Balaban J connectivity index is 2.84. The molecule has 0 unspecified atom stereocenters. The van der Waals surface area contributed by atoms with Crippen molar-refractivity contribution in [1.29, 1.82) is 0 Å². The summed E-state index contributed by atoms with van der Waals surface area (Å²) in [5, 5.41) is 3.04. The number of hydrogen-bond acceptors (Lipinski definition) is 2. The van der Waals surface area contributed by atoms with E-state index in [-0.39, 0.29) is 16.7 Å². The molecule has 3 nitrogen and oxygen atoms in total. The third-order valence-electron chi connectivity index (χ3n) is 3.53.